The van der Waals surface area contributed by atoms with Gasteiger partial charge in [-0.25, -0.2) is 4.39 Å². The van der Waals surface area contributed by atoms with Crippen molar-refractivity contribution in [1.82, 2.24) is 0 Å². The van der Waals surface area contributed by atoms with E-state index in [0.717, 1.165) is 24.8 Å². The topological polar surface area (TPSA) is 26.3 Å². The van der Waals surface area contributed by atoms with Crippen molar-refractivity contribution in [2.24, 2.45) is 0 Å². The van der Waals surface area contributed by atoms with Gasteiger partial charge in [0.15, 0.2) is 0 Å². The Hall–Kier alpha value is -1.64. The SMILES string of the molecule is CCCCC(/C=C(\F)COC(C)=O)c1ccccc1. The maximum atomic E-state index is 13.7. The molecule has 0 aliphatic heterocycles. The number of unbranched alkanes of at least 4 members (excludes halogenated alkanes) is 1. The number of hydrogen-bond acceptors (Lipinski definition) is 2. The Kier molecular flexibility index (Phi) is 6.86. The standard InChI is InChI=1S/C16H21FO2/c1-3-4-8-15(14-9-6-5-7-10-14)11-16(17)12-19-13(2)18/h5-7,9-11,15H,3-4,8,12H2,1-2H3/b16-11-. The summed E-state index contributed by atoms with van der Waals surface area (Å²) in [6.07, 6.45) is 4.57. The molecule has 0 N–H and O–H groups in total. The smallest absolute Gasteiger partial charge is 0.303 e. The molecule has 0 aromatic heterocycles. The summed E-state index contributed by atoms with van der Waals surface area (Å²) in [7, 11) is 0. The zero-order valence-electron chi connectivity index (χ0n) is 11.6. The van der Waals surface area contributed by atoms with Gasteiger partial charge in [-0.2, -0.15) is 0 Å². The van der Waals surface area contributed by atoms with Gasteiger partial charge in [-0.05, 0) is 18.1 Å². The van der Waals surface area contributed by atoms with Crippen LogP contribution in [0.25, 0.3) is 0 Å². The number of carbonyl (C=O) groups is 1. The van der Waals surface area contributed by atoms with Crippen molar-refractivity contribution in [2.45, 2.75) is 39.0 Å². The van der Waals surface area contributed by atoms with Gasteiger partial charge >= 0.3 is 5.97 Å². The highest BCUT2D eigenvalue weighted by Crippen LogP contribution is 2.25. The minimum atomic E-state index is -0.464. The third-order valence-corrected chi connectivity index (χ3v) is 2.89. The van der Waals surface area contributed by atoms with E-state index in [9.17, 15) is 9.18 Å². The highest BCUT2D eigenvalue weighted by Gasteiger charge is 2.10. The van der Waals surface area contributed by atoms with Crippen molar-refractivity contribution >= 4 is 5.97 Å². The van der Waals surface area contributed by atoms with Gasteiger partial charge in [0.1, 0.15) is 12.4 Å². The second-order valence-corrected chi connectivity index (χ2v) is 4.55. The Morgan fingerprint density at radius 2 is 2.05 bits per heavy atom. The van der Waals surface area contributed by atoms with E-state index in [-0.39, 0.29) is 18.4 Å². The molecule has 0 saturated carbocycles. The molecule has 3 heteroatoms. The van der Waals surface area contributed by atoms with Crippen LogP contribution >= 0.6 is 0 Å². The van der Waals surface area contributed by atoms with Crippen molar-refractivity contribution in [2.75, 3.05) is 6.61 Å². The van der Waals surface area contributed by atoms with Gasteiger partial charge in [0.2, 0.25) is 0 Å². The number of rotatable bonds is 7. The summed E-state index contributed by atoms with van der Waals surface area (Å²) in [5, 5.41) is 0. The van der Waals surface area contributed by atoms with E-state index in [1.54, 1.807) is 6.08 Å². The number of esters is 1. The first-order chi connectivity index (χ1) is 9.13. The molecule has 1 aromatic carbocycles. The Morgan fingerprint density at radius 1 is 1.37 bits per heavy atom. The van der Waals surface area contributed by atoms with E-state index < -0.39 is 5.97 Å². The molecule has 19 heavy (non-hydrogen) atoms. The average molecular weight is 264 g/mol. The first-order valence-electron chi connectivity index (χ1n) is 6.68. The molecule has 1 aromatic rings. The average Bonchev–Trinajstić information content (AvgIpc) is 2.42. The zero-order chi connectivity index (χ0) is 14.1. The van der Waals surface area contributed by atoms with Gasteiger partial charge in [-0.3, -0.25) is 4.79 Å². The maximum Gasteiger partial charge on any atom is 0.303 e. The summed E-state index contributed by atoms with van der Waals surface area (Å²) < 4.78 is 18.4. The van der Waals surface area contributed by atoms with Gasteiger partial charge in [0.25, 0.3) is 0 Å². The van der Waals surface area contributed by atoms with E-state index in [2.05, 4.69) is 11.7 Å². The Balaban J connectivity index is 2.74. The maximum absolute atomic E-state index is 13.7. The number of hydrogen-bond donors (Lipinski definition) is 0. The molecule has 0 heterocycles. The van der Waals surface area contributed by atoms with Crippen molar-refractivity contribution in [3.05, 3.63) is 47.8 Å². The second-order valence-electron chi connectivity index (χ2n) is 4.55. The summed E-state index contributed by atoms with van der Waals surface area (Å²) >= 11 is 0. The van der Waals surface area contributed by atoms with Gasteiger partial charge in [-0.15, -0.1) is 0 Å². The predicted octanol–water partition coefficient (Wildman–Crippen LogP) is 4.38. The third kappa shape index (κ3) is 6.18. The van der Waals surface area contributed by atoms with E-state index in [1.165, 1.54) is 6.92 Å². The highest BCUT2D eigenvalue weighted by atomic mass is 19.1. The molecule has 1 atom stereocenters. The molecular formula is C16H21FO2. The molecule has 104 valence electrons. The van der Waals surface area contributed by atoms with Crippen LogP contribution in [0.15, 0.2) is 42.2 Å². The van der Waals surface area contributed by atoms with Gasteiger partial charge in [0, 0.05) is 12.8 Å². The van der Waals surface area contributed by atoms with Crippen LogP contribution in [0.3, 0.4) is 0 Å². The van der Waals surface area contributed by atoms with Crippen molar-refractivity contribution in [3.63, 3.8) is 0 Å². The fraction of sp³-hybridized carbons (Fsp3) is 0.438. The van der Waals surface area contributed by atoms with Crippen LogP contribution in [0.5, 0.6) is 0 Å². The largest absolute Gasteiger partial charge is 0.459 e. The number of ether oxygens (including phenoxy) is 1. The van der Waals surface area contributed by atoms with Crippen LogP contribution in [0.1, 0.15) is 44.6 Å². The minimum absolute atomic E-state index is 0.0386. The van der Waals surface area contributed by atoms with Crippen molar-refractivity contribution < 1.29 is 13.9 Å². The van der Waals surface area contributed by atoms with E-state index >= 15 is 0 Å². The van der Waals surface area contributed by atoms with Crippen molar-refractivity contribution in [3.8, 4) is 0 Å². The zero-order valence-corrected chi connectivity index (χ0v) is 11.6. The molecule has 0 aliphatic rings. The van der Waals surface area contributed by atoms with E-state index in [4.69, 9.17) is 0 Å². The fourth-order valence-electron chi connectivity index (χ4n) is 1.91. The molecule has 0 aliphatic carbocycles. The van der Waals surface area contributed by atoms with Crippen LogP contribution in [0, 0.1) is 0 Å². The number of benzene rings is 1. The van der Waals surface area contributed by atoms with Crippen LogP contribution in [0.2, 0.25) is 0 Å². The normalized spacial score (nSPS) is 13.1. The summed E-state index contributed by atoms with van der Waals surface area (Å²) in [5.74, 6) is -0.815. The lowest BCUT2D eigenvalue weighted by Crippen LogP contribution is -2.03. The molecule has 2 nitrogen and oxygen atoms in total. The van der Waals surface area contributed by atoms with E-state index in [1.807, 2.05) is 30.3 Å². The monoisotopic (exact) mass is 264 g/mol. The molecule has 0 saturated heterocycles. The van der Waals surface area contributed by atoms with Gasteiger partial charge in [-0.1, -0.05) is 50.1 Å². The van der Waals surface area contributed by atoms with Crippen LogP contribution < -0.4 is 0 Å². The summed E-state index contributed by atoms with van der Waals surface area (Å²) in [4.78, 5) is 10.7. The summed E-state index contributed by atoms with van der Waals surface area (Å²) in [5.41, 5.74) is 1.09. The highest BCUT2D eigenvalue weighted by molar-refractivity contribution is 5.66. The molecule has 0 amide bonds. The molecule has 1 unspecified atom stereocenters. The van der Waals surface area contributed by atoms with E-state index in [0.29, 0.717) is 0 Å². The number of allylic oxidation sites excluding steroid dienone is 1. The Labute approximate surface area is 114 Å². The minimum Gasteiger partial charge on any atom is -0.459 e. The van der Waals surface area contributed by atoms with Gasteiger partial charge < -0.3 is 4.74 Å². The lowest BCUT2D eigenvalue weighted by molar-refractivity contribution is -0.140. The summed E-state index contributed by atoms with van der Waals surface area (Å²) in [6.45, 7) is 3.12. The quantitative estimate of drug-likeness (QED) is 0.683. The predicted molar refractivity (Wildman–Crippen MR) is 74.5 cm³/mol. The lowest BCUT2D eigenvalue weighted by atomic mass is 9.93. The number of carbonyl (C=O) groups excluding carboxylic acids is 1. The second kappa shape index (κ2) is 8.46. The van der Waals surface area contributed by atoms with Crippen LogP contribution in [-0.2, 0) is 9.53 Å². The molecule has 0 spiro atoms. The Bertz CT molecular complexity index is 412. The molecule has 0 bridgehead atoms. The van der Waals surface area contributed by atoms with Crippen molar-refractivity contribution in [1.29, 1.82) is 0 Å². The van der Waals surface area contributed by atoms with Crippen LogP contribution in [-0.4, -0.2) is 12.6 Å². The summed E-state index contributed by atoms with van der Waals surface area (Å²) in [6, 6.07) is 9.84. The molecular weight excluding hydrogens is 243 g/mol. The molecule has 1 rings (SSSR count). The van der Waals surface area contributed by atoms with Gasteiger partial charge in [0.05, 0.1) is 0 Å². The fourth-order valence-corrected chi connectivity index (χ4v) is 1.91. The molecule has 0 fully saturated rings. The first-order valence-corrected chi connectivity index (χ1v) is 6.68. The van der Waals surface area contributed by atoms with Crippen LogP contribution in [0.4, 0.5) is 4.39 Å². The third-order valence-electron chi connectivity index (χ3n) is 2.89. The first kappa shape index (κ1) is 15.4. The number of halogens is 1. The lowest BCUT2D eigenvalue weighted by Gasteiger charge is -2.13. The Morgan fingerprint density at radius 3 is 2.63 bits per heavy atom. The molecule has 0 radical (unpaired) electrons.